The first-order valence-electron chi connectivity index (χ1n) is 8.81. The fraction of sp³-hybridized carbons (Fsp3) is 0.263. The van der Waals surface area contributed by atoms with Crippen LogP contribution in [0.5, 0.6) is 0 Å². The molecule has 0 saturated heterocycles. The number of nitrogens with one attached hydrogen (secondary N) is 2. The number of carbonyl (C=O) groups excluding carboxylic acids is 1. The Morgan fingerprint density at radius 2 is 1.97 bits per heavy atom. The van der Waals surface area contributed by atoms with Crippen molar-refractivity contribution in [1.29, 1.82) is 0 Å². The van der Waals surface area contributed by atoms with E-state index in [1.54, 1.807) is 16.8 Å². The fourth-order valence-electron chi connectivity index (χ4n) is 2.91. The molecule has 1 amide bonds. The molecular formula is C19H22N4O5S. The number of benzene rings is 1. The van der Waals surface area contributed by atoms with Crippen molar-refractivity contribution in [3.63, 3.8) is 0 Å². The number of sulfonamides is 1. The van der Waals surface area contributed by atoms with Crippen LogP contribution in [0.25, 0.3) is 0 Å². The van der Waals surface area contributed by atoms with Crippen LogP contribution in [0, 0.1) is 13.8 Å². The van der Waals surface area contributed by atoms with Crippen LogP contribution in [0.3, 0.4) is 0 Å². The summed E-state index contributed by atoms with van der Waals surface area (Å²) in [5, 5.41) is 6.93. The molecule has 2 N–H and O–H groups in total. The summed E-state index contributed by atoms with van der Waals surface area (Å²) in [5.74, 6) is 0.594. The van der Waals surface area contributed by atoms with Gasteiger partial charge in [0.2, 0.25) is 10.0 Å². The molecule has 29 heavy (non-hydrogen) atoms. The predicted octanol–water partition coefficient (Wildman–Crippen LogP) is 2.84. The van der Waals surface area contributed by atoms with Crippen molar-refractivity contribution < 1.29 is 22.4 Å². The molecule has 0 fully saturated rings. The van der Waals surface area contributed by atoms with Gasteiger partial charge < -0.3 is 9.15 Å². The van der Waals surface area contributed by atoms with Crippen LogP contribution < -0.4 is 10.0 Å². The molecule has 0 aliphatic carbocycles. The number of aryl methyl sites for hydroxylation is 2. The number of aromatic nitrogens is 2. The van der Waals surface area contributed by atoms with E-state index in [4.69, 9.17) is 4.42 Å². The third kappa shape index (κ3) is 4.84. The highest BCUT2D eigenvalue weighted by Crippen LogP contribution is 2.21. The van der Waals surface area contributed by atoms with Crippen molar-refractivity contribution in [1.82, 2.24) is 14.5 Å². The van der Waals surface area contributed by atoms with Gasteiger partial charge in [-0.3, -0.25) is 10.00 Å². The minimum atomic E-state index is -3.79. The highest BCUT2D eigenvalue weighted by Gasteiger charge is 2.23. The molecule has 10 heteroatoms. The summed E-state index contributed by atoms with van der Waals surface area (Å²) >= 11 is 0. The lowest BCUT2D eigenvalue weighted by Gasteiger charge is -2.18. The average Bonchev–Trinajstić information content (AvgIpc) is 3.32. The Morgan fingerprint density at radius 1 is 1.24 bits per heavy atom. The molecule has 3 aromatic rings. The monoisotopic (exact) mass is 418 g/mol. The van der Waals surface area contributed by atoms with Gasteiger partial charge in [0.25, 0.3) is 0 Å². The minimum absolute atomic E-state index is 0.0555. The van der Waals surface area contributed by atoms with Crippen molar-refractivity contribution in [2.75, 3.05) is 19.0 Å². The topological polar surface area (TPSA) is 115 Å². The number of hydrogen-bond acceptors (Lipinski definition) is 6. The van der Waals surface area contributed by atoms with E-state index in [9.17, 15) is 13.2 Å². The summed E-state index contributed by atoms with van der Waals surface area (Å²) in [7, 11) is -2.54. The summed E-state index contributed by atoms with van der Waals surface area (Å²) in [6.45, 7) is 3.83. The number of anilines is 1. The van der Waals surface area contributed by atoms with Gasteiger partial charge in [-0.2, -0.15) is 5.10 Å². The molecule has 1 atom stereocenters. The molecule has 0 radical (unpaired) electrons. The molecule has 1 unspecified atom stereocenters. The van der Waals surface area contributed by atoms with Gasteiger partial charge in [-0.15, -0.1) is 0 Å². The van der Waals surface area contributed by atoms with E-state index >= 15 is 0 Å². The Kier molecular flexibility index (Phi) is 6.04. The summed E-state index contributed by atoms with van der Waals surface area (Å²) in [5.41, 5.74) is 2.14. The van der Waals surface area contributed by atoms with E-state index in [1.165, 1.54) is 37.6 Å². The lowest BCUT2D eigenvalue weighted by molar-refractivity contribution is 0.187. The molecule has 0 spiro atoms. The molecule has 0 saturated carbocycles. The number of furan rings is 1. The normalized spacial score (nSPS) is 12.5. The first kappa shape index (κ1) is 20.6. The first-order chi connectivity index (χ1) is 13.8. The zero-order valence-corrected chi connectivity index (χ0v) is 17.1. The number of rotatable bonds is 7. The van der Waals surface area contributed by atoms with Gasteiger partial charge >= 0.3 is 6.09 Å². The van der Waals surface area contributed by atoms with Crippen molar-refractivity contribution >= 4 is 21.8 Å². The molecule has 9 nitrogen and oxygen atoms in total. The van der Waals surface area contributed by atoms with Gasteiger partial charge in [-0.25, -0.2) is 17.9 Å². The van der Waals surface area contributed by atoms with E-state index in [-0.39, 0.29) is 11.4 Å². The van der Waals surface area contributed by atoms with E-state index in [2.05, 4.69) is 19.9 Å². The summed E-state index contributed by atoms with van der Waals surface area (Å²) < 4.78 is 39.8. The fourth-order valence-corrected chi connectivity index (χ4v) is 3.95. The number of ether oxygens (including phenoxy) is 1. The lowest BCUT2D eigenvalue weighted by Crippen LogP contribution is -2.32. The maximum atomic E-state index is 12.7. The molecule has 154 valence electrons. The summed E-state index contributed by atoms with van der Waals surface area (Å²) in [6.07, 6.45) is 0.903. The summed E-state index contributed by atoms with van der Waals surface area (Å²) in [4.78, 5) is 11.3. The van der Waals surface area contributed by atoms with E-state index in [0.29, 0.717) is 11.4 Å². The van der Waals surface area contributed by atoms with Gasteiger partial charge in [-0.1, -0.05) is 0 Å². The molecule has 0 aliphatic heterocycles. The van der Waals surface area contributed by atoms with Crippen molar-refractivity contribution in [3.8, 4) is 0 Å². The second-order valence-corrected chi connectivity index (χ2v) is 8.16. The first-order valence-corrected chi connectivity index (χ1v) is 10.3. The van der Waals surface area contributed by atoms with Crippen molar-refractivity contribution in [2.45, 2.75) is 24.8 Å². The average molecular weight is 418 g/mol. The largest absolute Gasteiger partial charge is 0.467 e. The van der Waals surface area contributed by atoms with Gasteiger partial charge in [0.15, 0.2) is 0 Å². The highest BCUT2D eigenvalue weighted by atomic mass is 32.2. The van der Waals surface area contributed by atoms with Crippen LogP contribution in [-0.4, -0.2) is 37.9 Å². The smallest absolute Gasteiger partial charge is 0.411 e. The molecule has 0 bridgehead atoms. The van der Waals surface area contributed by atoms with Crippen LogP contribution >= 0.6 is 0 Å². The number of hydrogen-bond donors (Lipinski definition) is 2. The molecule has 3 rings (SSSR count). The van der Waals surface area contributed by atoms with Crippen LogP contribution in [0.15, 0.2) is 58.0 Å². The molecule has 1 aromatic carbocycles. The number of methoxy groups -OCH3 is 1. The molecule has 2 aromatic heterocycles. The Balaban J connectivity index is 1.78. The third-order valence-corrected chi connectivity index (χ3v) is 5.71. The number of carbonyl (C=O) groups is 1. The van der Waals surface area contributed by atoms with Crippen LogP contribution in [0.1, 0.15) is 23.2 Å². The Hall–Kier alpha value is -3.11. The third-order valence-electron chi connectivity index (χ3n) is 4.27. The van der Waals surface area contributed by atoms with Crippen molar-refractivity contribution in [2.24, 2.45) is 0 Å². The molecular weight excluding hydrogens is 396 g/mol. The Bertz CT molecular complexity index is 1070. The molecule has 0 aliphatic rings. The van der Waals surface area contributed by atoms with E-state index < -0.39 is 22.2 Å². The Morgan fingerprint density at radius 3 is 2.52 bits per heavy atom. The second kappa shape index (κ2) is 8.50. The minimum Gasteiger partial charge on any atom is -0.467 e. The lowest BCUT2D eigenvalue weighted by atomic mass is 10.2. The zero-order chi connectivity index (χ0) is 21.0. The zero-order valence-electron chi connectivity index (χ0n) is 16.2. The number of amides is 1. The second-order valence-electron chi connectivity index (χ2n) is 6.40. The van der Waals surface area contributed by atoms with Crippen LogP contribution in [-0.2, 0) is 14.8 Å². The van der Waals surface area contributed by atoms with E-state index in [1.807, 2.05) is 19.9 Å². The van der Waals surface area contributed by atoms with Gasteiger partial charge in [0, 0.05) is 17.9 Å². The Labute approximate surface area is 168 Å². The summed E-state index contributed by atoms with van der Waals surface area (Å²) in [6, 6.07) is 10.8. The van der Waals surface area contributed by atoms with Gasteiger partial charge in [-0.05, 0) is 56.3 Å². The van der Waals surface area contributed by atoms with E-state index in [0.717, 1.165) is 11.4 Å². The SMILES string of the molecule is COC(=O)Nc1ccc(S(=O)(=O)NCC(c2ccco2)n2nc(C)cc2C)cc1. The van der Waals surface area contributed by atoms with Crippen LogP contribution in [0.4, 0.5) is 10.5 Å². The quantitative estimate of drug-likeness (QED) is 0.610. The van der Waals surface area contributed by atoms with Crippen LogP contribution in [0.2, 0.25) is 0 Å². The standard InChI is InChI=1S/C19H22N4O5S/c1-13-11-14(2)23(22-13)17(18-5-4-10-28-18)12-20-29(25,26)16-8-6-15(7-9-16)21-19(24)27-3/h4-11,17,20H,12H2,1-3H3,(H,21,24). The van der Waals surface area contributed by atoms with Crippen molar-refractivity contribution in [3.05, 3.63) is 65.9 Å². The molecule has 2 heterocycles. The maximum Gasteiger partial charge on any atom is 0.411 e. The predicted molar refractivity (Wildman–Crippen MR) is 106 cm³/mol. The van der Waals surface area contributed by atoms with Gasteiger partial charge in [0.05, 0.1) is 24.0 Å². The maximum absolute atomic E-state index is 12.7. The van der Waals surface area contributed by atoms with Gasteiger partial charge in [0.1, 0.15) is 11.8 Å². The highest BCUT2D eigenvalue weighted by molar-refractivity contribution is 7.89. The number of nitrogens with zero attached hydrogens (tertiary/aromatic N) is 2.